The first-order valence-electron chi connectivity index (χ1n) is 5.90. The summed E-state index contributed by atoms with van der Waals surface area (Å²) in [5, 5.41) is -0.162. The summed E-state index contributed by atoms with van der Waals surface area (Å²) in [6.07, 6.45) is -4.58. The summed E-state index contributed by atoms with van der Waals surface area (Å²) in [6, 6.07) is 2.99. The van der Waals surface area contributed by atoms with Crippen molar-refractivity contribution in [3.05, 3.63) is 28.8 Å². The molecule has 2 saturated heterocycles. The molecule has 3 nitrogen and oxygen atoms in total. The fraction of sp³-hybridized carbons (Fsp3) is 0.333. The summed E-state index contributed by atoms with van der Waals surface area (Å²) in [7, 11) is 0. The van der Waals surface area contributed by atoms with Gasteiger partial charge in [-0.1, -0.05) is 11.6 Å². The number of carbonyl (C=O) groups is 1. The Morgan fingerprint density at radius 2 is 2.10 bits per heavy atom. The highest BCUT2D eigenvalue weighted by atomic mass is 35.5. The van der Waals surface area contributed by atoms with Crippen LogP contribution in [0.25, 0.3) is 0 Å². The Morgan fingerprint density at radius 3 is 2.71 bits per heavy atom. The number of hydrogen-bond donors (Lipinski definition) is 0. The van der Waals surface area contributed by atoms with E-state index in [0.717, 1.165) is 17.0 Å². The predicted octanol–water partition coefficient (Wildman–Crippen LogP) is 3.37. The molecule has 1 atom stereocenters. The lowest BCUT2D eigenvalue weighted by molar-refractivity contribution is -0.137. The Balaban J connectivity index is 2.02. The number of halogens is 4. The second-order valence-corrected chi connectivity index (χ2v) is 6.38. The van der Waals surface area contributed by atoms with E-state index in [-0.39, 0.29) is 22.7 Å². The van der Waals surface area contributed by atoms with Gasteiger partial charge < -0.3 is 4.90 Å². The van der Waals surface area contributed by atoms with Crippen LogP contribution in [0.5, 0.6) is 0 Å². The van der Waals surface area contributed by atoms with Crippen LogP contribution in [0.4, 0.5) is 18.9 Å². The van der Waals surface area contributed by atoms with Crippen molar-refractivity contribution in [2.24, 2.45) is 0 Å². The van der Waals surface area contributed by atoms with E-state index in [9.17, 15) is 18.0 Å². The lowest BCUT2D eigenvalue weighted by atomic mass is 10.1. The standard InChI is InChI=1S/C12H8ClF3N2OS2/c13-8-2-1-6(3-7(8)12(14,15)16)18-10(19)9-4-21-5-17(9)11(18)20/h1-3,9H,4-5H2/t9-/m0/s1. The van der Waals surface area contributed by atoms with E-state index >= 15 is 0 Å². The molecule has 2 heterocycles. The molecule has 0 aromatic heterocycles. The second-order valence-electron chi connectivity index (χ2n) is 4.60. The number of carbonyl (C=O) groups excluding carboxylic acids is 1. The highest BCUT2D eigenvalue weighted by Crippen LogP contribution is 2.39. The average Bonchev–Trinajstić information content (AvgIpc) is 2.95. The number of hydrogen-bond acceptors (Lipinski definition) is 3. The lowest BCUT2D eigenvalue weighted by Crippen LogP contribution is -2.32. The minimum atomic E-state index is -4.58. The predicted molar refractivity (Wildman–Crippen MR) is 79.5 cm³/mol. The van der Waals surface area contributed by atoms with Crippen molar-refractivity contribution in [1.29, 1.82) is 0 Å². The molecule has 1 aromatic rings. The molecule has 9 heteroatoms. The molecule has 21 heavy (non-hydrogen) atoms. The lowest BCUT2D eigenvalue weighted by Gasteiger charge is -2.20. The Kier molecular flexibility index (Phi) is 3.58. The fourth-order valence-corrected chi connectivity index (χ4v) is 4.16. The minimum Gasteiger partial charge on any atom is -0.326 e. The monoisotopic (exact) mass is 352 g/mol. The van der Waals surface area contributed by atoms with Crippen molar-refractivity contribution in [2.75, 3.05) is 16.5 Å². The van der Waals surface area contributed by atoms with Crippen LogP contribution in [0.2, 0.25) is 5.02 Å². The van der Waals surface area contributed by atoms with E-state index in [1.54, 1.807) is 16.7 Å². The van der Waals surface area contributed by atoms with E-state index in [4.69, 9.17) is 23.8 Å². The maximum Gasteiger partial charge on any atom is 0.417 e. The normalized spacial score (nSPS) is 22.2. The van der Waals surface area contributed by atoms with E-state index in [1.807, 2.05) is 0 Å². The van der Waals surface area contributed by atoms with Gasteiger partial charge in [0, 0.05) is 5.75 Å². The summed E-state index contributed by atoms with van der Waals surface area (Å²) < 4.78 is 38.7. The summed E-state index contributed by atoms with van der Waals surface area (Å²) in [5.74, 6) is 0.876. The molecule has 0 N–H and O–H groups in total. The zero-order chi connectivity index (χ0) is 15.4. The molecule has 0 spiro atoms. The van der Waals surface area contributed by atoms with Gasteiger partial charge in [-0.25, -0.2) is 0 Å². The van der Waals surface area contributed by atoms with E-state index in [0.29, 0.717) is 11.6 Å². The summed E-state index contributed by atoms with van der Waals surface area (Å²) >= 11 is 12.4. The van der Waals surface area contributed by atoms with Crippen molar-refractivity contribution in [1.82, 2.24) is 4.90 Å². The molecule has 1 aromatic carbocycles. The number of alkyl halides is 3. The van der Waals surface area contributed by atoms with E-state index in [2.05, 4.69) is 0 Å². The third-order valence-electron chi connectivity index (χ3n) is 3.34. The molecule has 0 bridgehead atoms. The Labute approximate surface area is 133 Å². The molecule has 2 aliphatic heterocycles. The van der Waals surface area contributed by atoms with Crippen LogP contribution in [0, 0.1) is 0 Å². The van der Waals surface area contributed by atoms with Gasteiger partial charge in [-0.15, -0.1) is 11.8 Å². The number of thiocarbonyl (C=S) groups is 1. The van der Waals surface area contributed by atoms with Gasteiger partial charge in [0.1, 0.15) is 6.04 Å². The molecule has 2 aliphatic rings. The van der Waals surface area contributed by atoms with Gasteiger partial charge >= 0.3 is 6.18 Å². The number of rotatable bonds is 1. The van der Waals surface area contributed by atoms with Gasteiger partial charge in [0.25, 0.3) is 5.91 Å². The minimum absolute atomic E-state index is 0.0983. The van der Waals surface area contributed by atoms with Crippen LogP contribution in [0.3, 0.4) is 0 Å². The number of amides is 1. The Bertz CT molecular complexity index is 615. The van der Waals surface area contributed by atoms with Gasteiger partial charge in [-0.05, 0) is 30.4 Å². The molecule has 0 aliphatic carbocycles. The number of benzene rings is 1. The summed E-state index contributed by atoms with van der Waals surface area (Å²) in [6.45, 7) is 0. The Hall–Kier alpha value is -0.990. The van der Waals surface area contributed by atoms with Gasteiger partial charge in [0.2, 0.25) is 0 Å². The van der Waals surface area contributed by atoms with Crippen molar-refractivity contribution >= 4 is 52.3 Å². The molecule has 2 fully saturated rings. The maximum absolute atomic E-state index is 12.9. The zero-order valence-corrected chi connectivity index (χ0v) is 12.7. The van der Waals surface area contributed by atoms with Crippen LogP contribution >= 0.6 is 35.6 Å². The number of fused-ring (bicyclic) bond motifs is 1. The van der Waals surface area contributed by atoms with Crippen LogP contribution < -0.4 is 4.90 Å². The van der Waals surface area contributed by atoms with Crippen molar-refractivity contribution < 1.29 is 18.0 Å². The van der Waals surface area contributed by atoms with E-state index in [1.165, 1.54) is 6.07 Å². The van der Waals surface area contributed by atoms with Crippen LogP contribution in [0.15, 0.2) is 18.2 Å². The molecular weight excluding hydrogens is 345 g/mol. The van der Waals surface area contributed by atoms with Gasteiger partial charge in [-0.3, -0.25) is 9.69 Å². The molecule has 0 unspecified atom stereocenters. The molecule has 0 saturated carbocycles. The first-order chi connectivity index (χ1) is 9.80. The third kappa shape index (κ3) is 2.39. The molecular formula is C12H8ClF3N2OS2. The van der Waals surface area contributed by atoms with Crippen molar-refractivity contribution in [3.8, 4) is 0 Å². The maximum atomic E-state index is 12.9. The molecule has 0 radical (unpaired) electrons. The third-order valence-corrected chi connectivity index (χ3v) is 5.10. The largest absolute Gasteiger partial charge is 0.417 e. The summed E-state index contributed by atoms with van der Waals surface area (Å²) in [5.41, 5.74) is -0.875. The average molecular weight is 353 g/mol. The summed E-state index contributed by atoms with van der Waals surface area (Å²) in [4.78, 5) is 15.2. The first kappa shape index (κ1) is 14.9. The highest BCUT2D eigenvalue weighted by molar-refractivity contribution is 7.99. The number of nitrogens with zero attached hydrogens (tertiary/aromatic N) is 2. The van der Waals surface area contributed by atoms with Crippen LogP contribution in [0.1, 0.15) is 5.56 Å². The molecule has 3 rings (SSSR count). The van der Waals surface area contributed by atoms with Gasteiger partial charge in [0.15, 0.2) is 5.11 Å². The number of thioether (sulfide) groups is 1. The quantitative estimate of drug-likeness (QED) is 0.723. The highest BCUT2D eigenvalue weighted by Gasteiger charge is 2.46. The zero-order valence-electron chi connectivity index (χ0n) is 10.4. The molecule has 112 valence electrons. The van der Waals surface area contributed by atoms with Gasteiger partial charge in [-0.2, -0.15) is 13.2 Å². The molecule has 1 amide bonds. The fourth-order valence-electron chi connectivity index (χ4n) is 2.31. The van der Waals surface area contributed by atoms with Crippen LogP contribution in [-0.2, 0) is 11.0 Å². The van der Waals surface area contributed by atoms with E-state index < -0.39 is 16.8 Å². The van der Waals surface area contributed by atoms with Crippen molar-refractivity contribution in [3.63, 3.8) is 0 Å². The number of anilines is 1. The van der Waals surface area contributed by atoms with Crippen LogP contribution in [-0.4, -0.2) is 33.6 Å². The Morgan fingerprint density at radius 1 is 1.38 bits per heavy atom. The first-order valence-corrected chi connectivity index (χ1v) is 7.84. The smallest absolute Gasteiger partial charge is 0.326 e. The second kappa shape index (κ2) is 5.03. The topological polar surface area (TPSA) is 23.6 Å². The van der Waals surface area contributed by atoms with Crippen molar-refractivity contribution in [2.45, 2.75) is 12.2 Å². The van der Waals surface area contributed by atoms with Gasteiger partial charge in [0.05, 0.1) is 22.2 Å². The SMILES string of the molecule is O=C1[C@@H]2CSCN2C(=S)N1c1ccc(Cl)c(C(F)(F)F)c1.